The first-order valence-corrected chi connectivity index (χ1v) is 10.6. The summed E-state index contributed by atoms with van der Waals surface area (Å²) in [6.45, 7) is 2.67. The van der Waals surface area contributed by atoms with Crippen molar-refractivity contribution < 1.29 is 0 Å². The molecule has 3 aromatic rings. The predicted molar refractivity (Wildman–Crippen MR) is 109 cm³/mol. The molecule has 1 aliphatic heterocycles. The molecule has 2 fully saturated rings. The van der Waals surface area contributed by atoms with E-state index in [2.05, 4.69) is 19.2 Å². The van der Waals surface area contributed by atoms with E-state index in [1.807, 2.05) is 12.1 Å². The fourth-order valence-electron chi connectivity index (χ4n) is 3.69. The molecule has 0 radical (unpaired) electrons. The van der Waals surface area contributed by atoms with Crippen molar-refractivity contribution in [3.63, 3.8) is 0 Å². The number of piperidine rings is 1. The van der Waals surface area contributed by atoms with Crippen LogP contribution in [0.1, 0.15) is 37.4 Å². The number of nitrogens with zero attached hydrogens (tertiary/aromatic N) is 6. The first-order chi connectivity index (χ1) is 13.8. The average Bonchev–Trinajstić information content (AvgIpc) is 3.47. The summed E-state index contributed by atoms with van der Waals surface area (Å²) >= 11 is 1.53. The summed E-state index contributed by atoms with van der Waals surface area (Å²) in [5, 5.41) is 1.06. The van der Waals surface area contributed by atoms with E-state index >= 15 is 0 Å². The van der Waals surface area contributed by atoms with Crippen LogP contribution in [0, 0.1) is 5.92 Å². The molecule has 0 aromatic carbocycles. The van der Waals surface area contributed by atoms with Crippen molar-refractivity contribution in [3.05, 3.63) is 53.1 Å². The molecular weight excluding hydrogens is 372 g/mol. The third-order valence-corrected chi connectivity index (χ3v) is 6.36. The second kappa shape index (κ2) is 7.43. The average molecular weight is 395 g/mol. The smallest absolute Gasteiger partial charge is 0.253 e. The molecule has 4 heterocycles. The minimum absolute atomic E-state index is 0.00226. The molecule has 1 saturated heterocycles. The lowest BCUT2D eigenvalue weighted by atomic mass is 9.97. The molecule has 1 saturated carbocycles. The van der Waals surface area contributed by atoms with E-state index in [9.17, 15) is 4.79 Å². The van der Waals surface area contributed by atoms with Gasteiger partial charge in [-0.25, -0.2) is 9.97 Å². The number of rotatable bonds is 5. The van der Waals surface area contributed by atoms with Crippen LogP contribution in [0.2, 0.25) is 0 Å². The maximum atomic E-state index is 12.5. The van der Waals surface area contributed by atoms with Gasteiger partial charge in [0.1, 0.15) is 5.82 Å². The summed E-state index contributed by atoms with van der Waals surface area (Å²) in [5.74, 6) is 2.13. The monoisotopic (exact) mass is 394 g/mol. The van der Waals surface area contributed by atoms with E-state index in [-0.39, 0.29) is 5.56 Å². The molecule has 3 aromatic heterocycles. The maximum Gasteiger partial charge on any atom is 0.253 e. The summed E-state index contributed by atoms with van der Waals surface area (Å²) in [6.07, 6.45) is 9.68. The van der Waals surface area contributed by atoms with E-state index in [0.717, 1.165) is 49.0 Å². The lowest BCUT2D eigenvalue weighted by Crippen LogP contribution is -2.36. The van der Waals surface area contributed by atoms with Crippen molar-refractivity contribution in [3.8, 4) is 11.3 Å². The Morgan fingerprint density at radius 1 is 1.11 bits per heavy atom. The van der Waals surface area contributed by atoms with Gasteiger partial charge in [-0.2, -0.15) is 4.37 Å². The quantitative estimate of drug-likeness (QED) is 0.662. The molecular formula is C20H22N6OS. The Labute approximate surface area is 167 Å². The van der Waals surface area contributed by atoms with Gasteiger partial charge in [-0.1, -0.05) is 0 Å². The van der Waals surface area contributed by atoms with Crippen molar-refractivity contribution in [1.82, 2.24) is 23.9 Å². The Balaban J connectivity index is 1.21. The highest BCUT2D eigenvalue weighted by molar-refractivity contribution is 7.09. The van der Waals surface area contributed by atoms with E-state index < -0.39 is 0 Å². The largest absolute Gasteiger partial charge is 0.347 e. The van der Waals surface area contributed by atoms with Gasteiger partial charge in [-0.3, -0.25) is 14.3 Å². The van der Waals surface area contributed by atoms with Crippen LogP contribution < -0.4 is 10.5 Å². The van der Waals surface area contributed by atoms with Gasteiger partial charge >= 0.3 is 0 Å². The summed E-state index contributed by atoms with van der Waals surface area (Å²) < 4.78 is 6.25. The minimum atomic E-state index is 0.00226. The normalized spacial score (nSPS) is 17.8. The first-order valence-electron chi connectivity index (χ1n) is 9.82. The standard InChI is InChI=1S/C20H22N6OS/c27-18-11-17(15-3-7-21-8-4-15)22-13-26(18)12-14-5-9-25(10-6-14)20-23-19(24-28-20)16-1-2-16/h3-4,7-8,11,13-14,16H,1-2,5-6,9-10,12H2. The zero-order valence-corrected chi connectivity index (χ0v) is 16.4. The van der Waals surface area contributed by atoms with Gasteiger partial charge < -0.3 is 4.90 Å². The number of pyridine rings is 1. The lowest BCUT2D eigenvalue weighted by molar-refractivity contribution is 0.351. The van der Waals surface area contributed by atoms with E-state index in [0.29, 0.717) is 17.5 Å². The van der Waals surface area contributed by atoms with Crippen LogP contribution in [-0.2, 0) is 6.54 Å². The second-order valence-corrected chi connectivity index (χ2v) is 8.37. The van der Waals surface area contributed by atoms with E-state index in [1.54, 1.807) is 29.4 Å². The van der Waals surface area contributed by atoms with Crippen LogP contribution in [0.4, 0.5) is 5.13 Å². The molecule has 0 amide bonds. The molecule has 2 aliphatic rings. The molecule has 0 bridgehead atoms. The molecule has 1 aliphatic carbocycles. The zero-order chi connectivity index (χ0) is 18.9. The van der Waals surface area contributed by atoms with Gasteiger partial charge in [0.15, 0.2) is 0 Å². The maximum absolute atomic E-state index is 12.5. The van der Waals surface area contributed by atoms with Crippen molar-refractivity contribution in [2.24, 2.45) is 5.92 Å². The zero-order valence-electron chi connectivity index (χ0n) is 15.6. The summed E-state index contributed by atoms with van der Waals surface area (Å²) in [6, 6.07) is 5.35. The van der Waals surface area contributed by atoms with Gasteiger partial charge in [0, 0.05) is 61.1 Å². The molecule has 144 valence electrons. The third kappa shape index (κ3) is 3.69. The highest BCUT2D eigenvalue weighted by atomic mass is 32.1. The van der Waals surface area contributed by atoms with Crippen molar-refractivity contribution >= 4 is 16.7 Å². The van der Waals surface area contributed by atoms with Crippen molar-refractivity contribution in [2.45, 2.75) is 38.1 Å². The number of aromatic nitrogens is 5. The summed E-state index contributed by atoms with van der Waals surface area (Å²) in [7, 11) is 0. The van der Waals surface area contributed by atoms with Crippen LogP contribution in [-0.4, -0.2) is 37.0 Å². The van der Waals surface area contributed by atoms with Gasteiger partial charge in [0.25, 0.3) is 5.56 Å². The molecule has 0 unspecified atom stereocenters. The third-order valence-electron chi connectivity index (χ3n) is 5.57. The first kappa shape index (κ1) is 17.5. The fraction of sp³-hybridized carbons (Fsp3) is 0.450. The Morgan fingerprint density at radius 3 is 2.61 bits per heavy atom. The predicted octanol–water partition coefficient (Wildman–Crippen LogP) is 2.95. The van der Waals surface area contributed by atoms with E-state index in [1.165, 1.54) is 24.4 Å². The molecule has 8 heteroatoms. The summed E-state index contributed by atoms with van der Waals surface area (Å²) in [4.78, 5) is 28.1. The Bertz CT molecular complexity index is 1000. The number of anilines is 1. The number of hydrogen-bond donors (Lipinski definition) is 0. The summed E-state index contributed by atoms with van der Waals surface area (Å²) in [5.41, 5.74) is 1.61. The Hall–Kier alpha value is -2.61. The van der Waals surface area contributed by atoms with Crippen molar-refractivity contribution in [2.75, 3.05) is 18.0 Å². The molecule has 0 N–H and O–H groups in total. The van der Waals surface area contributed by atoms with E-state index in [4.69, 9.17) is 4.98 Å². The van der Waals surface area contributed by atoms with Gasteiger partial charge in [-0.15, -0.1) is 0 Å². The van der Waals surface area contributed by atoms with Gasteiger partial charge in [0.2, 0.25) is 5.13 Å². The van der Waals surface area contributed by atoms with Crippen LogP contribution in [0.5, 0.6) is 0 Å². The fourth-order valence-corrected chi connectivity index (χ4v) is 4.49. The lowest BCUT2D eigenvalue weighted by Gasteiger charge is -2.31. The van der Waals surface area contributed by atoms with Crippen LogP contribution >= 0.6 is 11.5 Å². The highest BCUT2D eigenvalue weighted by Crippen LogP contribution is 2.40. The molecule has 0 atom stereocenters. The van der Waals surface area contributed by atoms with Gasteiger partial charge in [-0.05, 0) is 43.7 Å². The highest BCUT2D eigenvalue weighted by Gasteiger charge is 2.29. The minimum Gasteiger partial charge on any atom is -0.347 e. The molecule has 5 rings (SSSR count). The molecule has 0 spiro atoms. The van der Waals surface area contributed by atoms with Crippen LogP contribution in [0.3, 0.4) is 0 Å². The van der Waals surface area contributed by atoms with Crippen LogP contribution in [0.25, 0.3) is 11.3 Å². The van der Waals surface area contributed by atoms with Gasteiger partial charge in [0.05, 0.1) is 12.0 Å². The molecule has 7 nitrogen and oxygen atoms in total. The number of hydrogen-bond acceptors (Lipinski definition) is 7. The van der Waals surface area contributed by atoms with Crippen molar-refractivity contribution in [1.29, 1.82) is 0 Å². The van der Waals surface area contributed by atoms with Crippen LogP contribution in [0.15, 0.2) is 41.7 Å². The second-order valence-electron chi connectivity index (χ2n) is 7.64. The molecule has 28 heavy (non-hydrogen) atoms. The Kier molecular flexibility index (Phi) is 4.64. The SMILES string of the molecule is O=c1cc(-c2ccncc2)ncn1CC1CCN(c2nc(C3CC3)ns2)CC1. The Morgan fingerprint density at radius 2 is 1.89 bits per heavy atom. The topological polar surface area (TPSA) is 76.8 Å².